The van der Waals surface area contributed by atoms with Gasteiger partial charge in [-0.25, -0.2) is 0 Å². The Bertz CT molecular complexity index is 288. The molecule has 1 aromatic heterocycles. The van der Waals surface area contributed by atoms with E-state index in [0.29, 0.717) is 18.2 Å². The lowest BCUT2D eigenvalue weighted by Crippen LogP contribution is -2.10. The van der Waals surface area contributed by atoms with Gasteiger partial charge < -0.3 is 10.5 Å². The molecule has 1 aromatic rings. The van der Waals surface area contributed by atoms with Crippen molar-refractivity contribution in [2.75, 3.05) is 19.4 Å². The van der Waals surface area contributed by atoms with Crippen molar-refractivity contribution in [2.45, 2.75) is 11.7 Å². The number of thioether (sulfide) groups is 1. The third-order valence-electron chi connectivity index (χ3n) is 1.93. The molecule has 0 aromatic carbocycles. The lowest BCUT2D eigenvalue weighted by Gasteiger charge is -2.11. The molecule has 84 valence electrons. The zero-order chi connectivity index (χ0) is 11.1. The first-order chi connectivity index (χ1) is 7.27. The van der Waals surface area contributed by atoms with Gasteiger partial charge in [0.05, 0.1) is 18.8 Å². The van der Waals surface area contributed by atoms with Crippen LogP contribution in [-0.2, 0) is 9.53 Å². The molecule has 0 amide bonds. The van der Waals surface area contributed by atoms with Crippen LogP contribution in [-0.4, -0.2) is 25.4 Å². The molecule has 0 radical (unpaired) electrons. The fourth-order valence-electron chi connectivity index (χ4n) is 1.13. The van der Waals surface area contributed by atoms with Crippen LogP contribution in [0.5, 0.6) is 0 Å². The predicted octanol–water partition coefficient (Wildman–Crippen LogP) is 2.04. The van der Waals surface area contributed by atoms with Crippen molar-refractivity contribution in [1.82, 2.24) is 0 Å². The lowest BCUT2D eigenvalue weighted by atomic mass is 10.3. The summed E-state index contributed by atoms with van der Waals surface area (Å²) < 4.78 is 4.58. The minimum Gasteiger partial charge on any atom is -0.469 e. The number of thiophene rings is 1. The van der Waals surface area contributed by atoms with Gasteiger partial charge in [0, 0.05) is 17.2 Å². The summed E-state index contributed by atoms with van der Waals surface area (Å²) in [4.78, 5) is 12.2. The summed E-state index contributed by atoms with van der Waals surface area (Å²) in [5, 5.41) is 2.34. The molecule has 0 bridgehead atoms. The van der Waals surface area contributed by atoms with Crippen molar-refractivity contribution < 1.29 is 9.53 Å². The molecule has 0 saturated carbocycles. The smallest absolute Gasteiger partial charge is 0.306 e. The Morgan fingerprint density at radius 1 is 1.73 bits per heavy atom. The highest BCUT2D eigenvalue weighted by Gasteiger charge is 2.11. The first-order valence-corrected chi connectivity index (χ1v) is 6.62. The monoisotopic (exact) mass is 245 g/mol. The summed E-state index contributed by atoms with van der Waals surface area (Å²) in [5.74, 6) is 0.594. The quantitative estimate of drug-likeness (QED) is 0.779. The molecule has 1 unspecified atom stereocenters. The van der Waals surface area contributed by atoms with Crippen molar-refractivity contribution in [3.63, 3.8) is 0 Å². The molecule has 0 spiro atoms. The van der Waals surface area contributed by atoms with Crippen LogP contribution in [0.3, 0.4) is 0 Å². The van der Waals surface area contributed by atoms with Crippen LogP contribution in [0.1, 0.15) is 16.5 Å². The maximum Gasteiger partial charge on any atom is 0.306 e. The number of carbonyl (C=O) groups excluding carboxylic acids is 1. The van der Waals surface area contributed by atoms with Gasteiger partial charge in [-0.2, -0.15) is 11.8 Å². The largest absolute Gasteiger partial charge is 0.469 e. The van der Waals surface area contributed by atoms with E-state index in [1.165, 1.54) is 12.0 Å². The van der Waals surface area contributed by atoms with Gasteiger partial charge in [0.15, 0.2) is 0 Å². The predicted molar refractivity (Wildman–Crippen MR) is 65.2 cm³/mol. The van der Waals surface area contributed by atoms with Gasteiger partial charge in [0.1, 0.15) is 0 Å². The minimum absolute atomic E-state index is 0.163. The highest BCUT2D eigenvalue weighted by molar-refractivity contribution is 7.99. The van der Waals surface area contributed by atoms with Crippen molar-refractivity contribution in [2.24, 2.45) is 5.73 Å². The number of hydrogen-bond acceptors (Lipinski definition) is 5. The first-order valence-electron chi connectivity index (χ1n) is 4.69. The van der Waals surface area contributed by atoms with Gasteiger partial charge in [0.2, 0.25) is 0 Å². The Hall–Kier alpha value is -0.520. The Morgan fingerprint density at radius 2 is 2.53 bits per heavy atom. The van der Waals surface area contributed by atoms with E-state index in [1.54, 1.807) is 23.1 Å². The van der Waals surface area contributed by atoms with Gasteiger partial charge in [-0.3, -0.25) is 4.79 Å². The highest BCUT2D eigenvalue weighted by atomic mass is 32.2. The van der Waals surface area contributed by atoms with Crippen LogP contribution in [0, 0.1) is 0 Å². The number of esters is 1. The molecule has 5 heteroatoms. The van der Waals surface area contributed by atoms with Gasteiger partial charge >= 0.3 is 5.97 Å². The summed E-state index contributed by atoms with van der Waals surface area (Å²) in [6.07, 6.45) is 0.447. The van der Waals surface area contributed by atoms with E-state index in [4.69, 9.17) is 5.73 Å². The summed E-state index contributed by atoms with van der Waals surface area (Å²) >= 11 is 3.41. The van der Waals surface area contributed by atoms with Crippen LogP contribution in [0.15, 0.2) is 17.5 Å². The molecule has 0 aliphatic rings. The molecule has 15 heavy (non-hydrogen) atoms. The maximum atomic E-state index is 10.9. The van der Waals surface area contributed by atoms with Crippen molar-refractivity contribution in [3.05, 3.63) is 22.4 Å². The van der Waals surface area contributed by atoms with Crippen LogP contribution < -0.4 is 5.73 Å². The maximum absolute atomic E-state index is 10.9. The van der Waals surface area contributed by atoms with E-state index in [-0.39, 0.29) is 5.97 Å². The fraction of sp³-hybridized carbons (Fsp3) is 0.500. The van der Waals surface area contributed by atoms with Crippen molar-refractivity contribution >= 4 is 29.1 Å². The molecule has 0 saturated heterocycles. The second-order valence-corrected chi connectivity index (χ2v) is 5.23. The molecule has 0 fully saturated rings. The SMILES string of the molecule is COC(=O)CCSC(CN)c1cccs1. The third kappa shape index (κ3) is 4.24. The molecule has 0 aliphatic heterocycles. The summed E-state index contributed by atoms with van der Waals surface area (Å²) in [5.41, 5.74) is 5.68. The van der Waals surface area contributed by atoms with Crippen LogP contribution in [0.2, 0.25) is 0 Å². The lowest BCUT2D eigenvalue weighted by molar-refractivity contribution is -0.140. The van der Waals surface area contributed by atoms with Gasteiger partial charge in [-0.05, 0) is 11.4 Å². The third-order valence-corrected chi connectivity index (χ3v) is 4.35. The summed E-state index contributed by atoms with van der Waals surface area (Å²) in [6.45, 7) is 0.604. The molecule has 0 aliphatic carbocycles. The topological polar surface area (TPSA) is 52.3 Å². The molecule has 1 rings (SSSR count). The van der Waals surface area contributed by atoms with Crippen LogP contribution in [0.25, 0.3) is 0 Å². The molecule has 2 N–H and O–H groups in total. The number of methoxy groups -OCH3 is 1. The second-order valence-electron chi connectivity index (χ2n) is 2.94. The Morgan fingerprint density at radius 3 is 3.07 bits per heavy atom. The zero-order valence-electron chi connectivity index (χ0n) is 8.64. The standard InChI is InChI=1S/C10H15NO2S2/c1-13-10(12)4-6-15-9(7-11)8-3-2-5-14-8/h2-3,5,9H,4,6-7,11H2,1H3. The second kappa shape index (κ2) is 6.87. The average Bonchev–Trinajstić information content (AvgIpc) is 2.77. The minimum atomic E-state index is -0.163. The van der Waals surface area contributed by atoms with E-state index < -0.39 is 0 Å². The molecular formula is C10H15NO2S2. The number of rotatable bonds is 6. The molecule has 3 nitrogen and oxygen atoms in total. The summed E-state index contributed by atoms with van der Waals surface area (Å²) in [6, 6.07) is 4.09. The van der Waals surface area contributed by atoms with E-state index >= 15 is 0 Å². The fourth-order valence-corrected chi connectivity index (χ4v) is 3.17. The van der Waals surface area contributed by atoms with Gasteiger partial charge in [0.25, 0.3) is 0 Å². The Labute approximate surface area is 98.0 Å². The number of hydrogen-bond donors (Lipinski definition) is 1. The first kappa shape index (κ1) is 12.5. The Kier molecular flexibility index (Phi) is 5.75. The molecule has 1 heterocycles. The van der Waals surface area contributed by atoms with Crippen molar-refractivity contribution in [3.8, 4) is 0 Å². The molecular weight excluding hydrogens is 230 g/mol. The van der Waals surface area contributed by atoms with E-state index in [9.17, 15) is 4.79 Å². The number of carbonyl (C=O) groups is 1. The normalized spacial score (nSPS) is 12.4. The number of nitrogens with two attached hydrogens (primary N) is 1. The molecule has 1 atom stereocenters. The van der Waals surface area contributed by atoms with Crippen molar-refractivity contribution in [1.29, 1.82) is 0 Å². The Balaban J connectivity index is 2.32. The zero-order valence-corrected chi connectivity index (χ0v) is 10.3. The van der Waals surface area contributed by atoms with E-state index in [2.05, 4.69) is 10.8 Å². The number of ether oxygens (including phenoxy) is 1. The van der Waals surface area contributed by atoms with E-state index in [0.717, 1.165) is 5.75 Å². The van der Waals surface area contributed by atoms with Gasteiger partial charge in [-0.1, -0.05) is 6.07 Å². The summed E-state index contributed by atoms with van der Waals surface area (Å²) in [7, 11) is 1.41. The average molecular weight is 245 g/mol. The van der Waals surface area contributed by atoms with Crippen LogP contribution in [0.4, 0.5) is 0 Å². The van der Waals surface area contributed by atoms with Gasteiger partial charge in [-0.15, -0.1) is 11.3 Å². The van der Waals surface area contributed by atoms with E-state index in [1.807, 2.05) is 11.4 Å². The highest BCUT2D eigenvalue weighted by Crippen LogP contribution is 2.31. The van der Waals surface area contributed by atoms with Crippen LogP contribution >= 0.6 is 23.1 Å².